The van der Waals surface area contributed by atoms with Crippen LogP contribution in [-0.4, -0.2) is 53.4 Å². The van der Waals surface area contributed by atoms with Gasteiger partial charge in [0.2, 0.25) is 0 Å². The molecule has 1 aromatic rings. The highest BCUT2D eigenvalue weighted by Gasteiger charge is 2.34. The molecule has 0 aliphatic carbocycles. The molecule has 2 atom stereocenters. The van der Waals surface area contributed by atoms with Crippen LogP contribution in [0.15, 0.2) is 18.7 Å². The maximum Gasteiger partial charge on any atom is 0.416 e. The van der Waals surface area contributed by atoms with E-state index in [2.05, 4.69) is 17.8 Å². The summed E-state index contributed by atoms with van der Waals surface area (Å²) in [6.07, 6.45) is -1.30. The number of benzene rings is 1. The number of rotatable bonds is 4. The molecule has 4 nitrogen and oxygen atoms in total. The smallest absolute Gasteiger partial charge is 0.388 e. The largest absolute Gasteiger partial charge is 0.416 e. The summed E-state index contributed by atoms with van der Waals surface area (Å²) in [7, 11) is -0.744. The van der Waals surface area contributed by atoms with Gasteiger partial charge in [-0.3, -0.25) is 4.21 Å². The lowest BCUT2D eigenvalue weighted by Gasteiger charge is -2.42. The van der Waals surface area contributed by atoms with Crippen molar-refractivity contribution in [1.82, 2.24) is 4.31 Å². The van der Waals surface area contributed by atoms with Gasteiger partial charge >= 0.3 is 6.18 Å². The predicted molar refractivity (Wildman–Crippen MR) is 101 cm³/mol. The molecule has 1 heterocycles. The fraction of sp³-hybridized carbons (Fsp3) is 0.471. The van der Waals surface area contributed by atoms with E-state index in [9.17, 15) is 17.4 Å². The third-order valence-corrected chi connectivity index (χ3v) is 5.83. The van der Waals surface area contributed by atoms with Crippen LogP contribution in [0.1, 0.15) is 18.1 Å². The first-order valence-corrected chi connectivity index (χ1v) is 9.97. The average Bonchev–Trinajstić information content (AvgIpc) is 2.51. The van der Waals surface area contributed by atoms with Crippen molar-refractivity contribution in [3.63, 3.8) is 0 Å². The van der Waals surface area contributed by atoms with Crippen LogP contribution in [0, 0.1) is 0 Å². The number of nitrogens with zero attached hydrogens (tertiary/aromatic N) is 2. The Morgan fingerprint density at radius 1 is 1.36 bits per heavy atom. The van der Waals surface area contributed by atoms with Crippen molar-refractivity contribution in [2.24, 2.45) is 0 Å². The molecule has 0 aromatic heterocycles. The first-order valence-electron chi connectivity index (χ1n) is 7.88. The summed E-state index contributed by atoms with van der Waals surface area (Å²) < 4.78 is 53.8. The van der Waals surface area contributed by atoms with Crippen molar-refractivity contribution in [1.29, 1.82) is 0 Å². The number of alkyl halides is 3. The van der Waals surface area contributed by atoms with Crippen LogP contribution < -0.4 is 10.2 Å². The van der Waals surface area contributed by atoms with Crippen LogP contribution in [0.2, 0.25) is 0 Å². The standard InChI is InChI=1S/C17H24F3N3OS/c1-6-14-15(21-3)9-13(17(18,19)20)10-16(14)23-8-7-22(11-12(23)2)25(4,5)24/h6,9-10,12,21H,1,4,7-8,11H2,2-3,5H3. The number of hydrogen-bond acceptors (Lipinski definition) is 3. The molecule has 1 saturated heterocycles. The zero-order valence-electron chi connectivity index (χ0n) is 14.7. The molecular weight excluding hydrogens is 351 g/mol. The highest BCUT2D eigenvalue weighted by molar-refractivity contribution is 7.97. The second-order valence-electron chi connectivity index (χ2n) is 6.30. The number of piperazine rings is 1. The molecule has 0 bridgehead atoms. The van der Waals surface area contributed by atoms with Crippen LogP contribution in [-0.2, 0) is 15.9 Å². The number of hydrogen-bond donors (Lipinski definition) is 1. The fourth-order valence-electron chi connectivity index (χ4n) is 3.09. The second kappa shape index (κ2) is 6.92. The SMILES string of the molecule is C=Cc1c(NC)cc(C(F)(F)F)cc1N1CCN(S(=C)(C)=O)CC1C. The maximum atomic E-state index is 13.3. The van der Waals surface area contributed by atoms with Crippen LogP contribution in [0.5, 0.6) is 0 Å². The Labute approximate surface area is 147 Å². The first-order chi connectivity index (χ1) is 11.5. The van der Waals surface area contributed by atoms with Crippen molar-refractivity contribution in [2.75, 3.05) is 43.2 Å². The molecule has 1 N–H and O–H groups in total. The van der Waals surface area contributed by atoms with E-state index in [0.29, 0.717) is 36.6 Å². The van der Waals surface area contributed by atoms with Crippen molar-refractivity contribution < 1.29 is 17.4 Å². The fourth-order valence-corrected chi connectivity index (χ4v) is 4.09. The zero-order valence-corrected chi connectivity index (χ0v) is 15.5. The number of anilines is 2. The monoisotopic (exact) mass is 375 g/mol. The molecular formula is C17H24F3N3OS. The van der Waals surface area contributed by atoms with Crippen molar-refractivity contribution in [2.45, 2.75) is 19.1 Å². The minimum Gasteiger partial charge on any atom is -0.388 e. The lowest BCUT2D eigenvalue weighted by Crippen LogP contribution is -2.53. The van der Waals surface area contributed by atoms with Gasteiger partial charge in [-0.05, 0) is 24.9 Å². The molecule has 1 fully saturated rings. The molecule has 8 heteroatoms. The minimum absolute atomic E-state index is 0.108. The van der Waals surface area contributed by atoms with E-state index < -0.39 is 21.4 Å². The van der Waals surface area contributed by atoms with Crippen LogP contribution in [0.3, 0.4) is 0 Å². The van der Waals surface area contributed by atoms with Gasteiger partial charge in [-0.15, -0.1) is 0 Å². The molecule has 0 radical (unpaired) electrons. The Morgan fingerprint density at radius 3 is 2.44 bits per heavy atom. The van der Waals surface area contributed by atoms with E-state index in [-0.39, 0.29) is 6.04 Å². The molecule has 2 rings (SSSR count). The van der Waals surface area contributed by atoms with Gasteiger partial charge in [0.25, 0.3) is 0 Å². The van der Waals surface area contributed by atoms with Gasteiger partial charge < -0.3 is 10.2 Å². The van der Waals surface area contributed by atoms with E-state index in [1.807, 2.05) is 11.8 Å². The molecule has 1 aromatic carbocycles. The van der Waals surface area contributed by atoms with Gasteiger partial charge in [-0.25, -0.2) is 4.31 Å². The minimum atomic E-state index is -4.43. The zero-order chi connectivity index (χ0) is 19.0. The summed E-state index contributed by atoms with van der Waals surface area (Å²) in [6.45, 7) is 7.07. The number of halogens is 3. The summed E-state index contributed by atoms with van der Waals surface area (Å²) in [4.78, 5) is 1.91. The second-order valence-corrected chi connectivity index (χ2v) is 8.73. The first kappa shape index (κ1) is 19.7. The summed E-state index contributed by atoms with van der Waals surface area (Å²) in [5.74, 6) is 3.69. The van der Waals surface area contributed by atoms with Gasteiger partial charge in [0.05, 0.1) is 5.56 Å². The summed E-state index contributed by atoms with van der Waals surface area (Å²) in [5.41, 5.74) is 0.782. The van der Waals surface area contributed by atoms with Crippen LogP contribution in [0.4, 0.5) is 24.5 Å². The summed E-state index contributed by atoms with van der Waals surface area (Å²) >= 11 is 0. The molecule has 1 aliphatic heterocycles. The predicted octanol–water partition coefficient (Wildman–Crippen LogP) is 3.16. The van der Waals surface area contributed by atoms with Gasteiger partial charge in [0.1, 0.15) is 0 Å². The quantitative estimate of drug-likeness (QED) is 0.821. The molecule has 0 spiro atoms. The summed E-state index contributed by atoms with van der Waals surface area (Å²) in [5, 5.41) is 2.82. The van der Waals surface area contributed by atoms with Crippen molar-refractivity contribution >= 4 is 33.0 Å². The van der Waals surface area contributed by atoms with Crippen LogP contribution in [0.25, 0.3) is 6.08 Å². The normalized spacial score (nSPS) is 21.7. The highest BCUT2D eigenvalue weighted by Crippen LogP contribution is 2.39. The Kier molecular flexibility index (Phi) is 5.44. The van der Waals surface area contributed by atoms with Crippen LogP contribution >= 0.6 is 0 Å². The lowest BCUT2D eigenvalue weighted by molar-refractivity contribution is -0.137. The maximum absolute atomic E-state index is 13.3. The molecule has 0 saturated carbocycles. The molecule has 25 heavy (non-hydrogen) atoms. The Balaban J connectivity index is 2.49. The Morgan fingerprint density at radius 2 is 2.00 bits per heavy atom. The lowest BCUT2D eigenvalue weighted by atomic mass is 10.0. The average molecular weight is 375 g/mol. The molecule has 140 valence electrons. The summed E-state index contributed by atoms with van der Waals surface area (Å²) in [6, 6.07) is 2.15. The Bertz CT molecular complexity index is 759. The van der Waals surface area contributed by atoms with Gasteiger partial charge in [0.15, 0.2) is 0 Å². The van der Waals surface area contributed by atoms with E-state index in [1.54, 1.807) is 23.7 Å². The van der Waals surface area contributed by atoms with Gasteiger partial charge in [-0.1, -0.05) is 12.7 Å². The topological polar surface area (TPSA) is 35.6 Å². The molecule has 2 unspecified atom stereocenters. The van der Waals surface area contributed by atoms with Gasteiger partial charge in [0, 0.05) is 65.6 Å². The van der Waals surface area contributed by atoms with E-state index >= 15 is 0 Å². The number of nitrogens with one attached hydrogen (secondary N) is 1. The van der Waals surface area contributed by atoms with Crippen molar-refractivity contribution in [3.8, 4) is 0 Å². The highest BCUT2D eigenvalue weighted by atomic mass is 32.2. The van der Waals surface area contributed by atoms with E-state index in [0.717, 1.165) is 12.1 Å². The third-order valence-electron chi connectivity index (χ3n) is 4.40. The third kappa shape index (κ3) is 4.12. The Hall–Kier alpha value is -1.67. The van der Waals surface area contributed by atoms with E-state index in [4.69, 9.17) is 0 Å². The van der Waals surface area contributed by atoms with Gasteiger partial charge in [-0.2, -0.15) is 13.2 Å². The van der Waals surface area contributed by atoms with E-state index in [1.165, 1.54) is 0 Å². The molecule has 0 amide bonds. The molecule has 1 aliphatic rings. The van der Waals surface area contributed by atoms with Crippen molar-refractivity contribution in [3.05, 3.63) is 29.8 Å².